The van der Waals surface area contributed by atoms with Crippen molar-refractivity contribution in [2.24, 2.45) is 0 Å². The first-order valence-corrected chi connectivity index (χ1v) is 4.17. The maximum Gasteiger partial charge on any atom is 0.299 e. The van der Waals surface area contributed by atoms with Crippen molar-refractivity contribution in [1.29, 1.82) is 0 Å². The molecular formula is C7H8O3S. The zero-order chi connectivity index (χ0) is 8.27. The molecule has 0 atom stereocenters. The van der Waals surface area contributed by atoms with Gasteiger partial charge in [-0.15, -0.1) is 0 Å². The van der Waals surface area contributed by atoms with Crippen LogP contribution in [0.1, 0.15) is 5.56 Å². The standard InChI is InChI=1S/C7H8O3S/c1-6-4-2-3-5-7(6)10-11(8)9/h2-5,11H,1H3. The second kappa shape index (κ2) is 3.39. The highest BCUT2D eigenvalue weighted by atomic mass is 32.2. The van der Waals surface area contributed by atoms with Crippen molar-refractivity contribution in [2.75, 3.05) is 0 Å². The predicted molar refractivity (Wildman–Crippen MR) is 42.1 cm³/mol. The summed E-state index contributed by atoms with van der Waals surface area (Å²) in [5.41, 5.74) is 0.812. The van der Waals surface area contributed by atoms with Gasteiger partial charge < -0.3 is 4.18 Å². The van der Waals surface area contributed by atoms with Gasteiger partial charge in [-0.05, 0) is 18.6 Å². The van der Waals surface area contributed by atoms with Crippen LogP contribution in [0.4, 0.5) is 0 Å². The van der Waals surface area contributed by atoms with Gasteiger partial charge in [0.25, 0.3) is 11.0 Å². The molecule has 0 N–H and O–H groups in total. The third-order valence-corrected chi connectivity index (χ3v) is 1.61. The Bertz CT molecular complexity index is 309. The summed E-state index contributed by atoms with van der Waals surface area (Å²) in [6, 6.07) is 6.94. The fourth-order valence-electron chi connectivity index (χ4n) is 0.739. The Kier molecular flexibility index (Phi) is 2.48. The van der Waals surface area contributed by atoms with Crippen molar-refractivity contribution < 1.29 is 12.6 Å². The highest BCUT2D eigenvalue weighted by Gasteiger charge is 1.96. The number of rotatable bonds is 2. The van der Waals surface area contributed by atoms with Gasteiger partial charge >= 0.3 is 0 Å². The lowest BCUT2D eigenvalue weighted by molar-refractivity contribution is 0.508. The molecule has 60 valence electrons. The molecule has 0 aliphatic carbocycles. The van der Waals surface area contributed by atoms with E-state index < -0.39 is 11.0 Å². The van der Waals surface area contributed by atoms with Gasteiger partial charge in [0.15, 0.2) is 0 Å². The van der Waals surface area contributed by atoms with Crippen LogP contribution < -0.4 is 4.18 Å². The van der Waals surface area contributed by atoms with E-state index in [1.807, 2.05) is 6.07 Å². The molecular weight excluding hydrogens is 164 g/mol. The van der Waals surface area contributed by atoms with E-state index in [1.54, 1.807) is 25.1 Å². The van der Waals surface area contributed by atoms with Crippen molar-refractivity contribution in [1.82, 2.24) is 0 Å². The van der Waals surface area contributed by atoms with Crippen LogP contribution in [0.25, 0.3) is 0 Å². The Labute approximate surface area is 66.8 Å². The summed E-state index contributed by atoms with van der Waals surface area (Å²) < 4.78 is 24.8. The lowest BCUT2D eigenvalue weighted by Crippen LogP contribution is -1.91. The Morgan fingerprint density at radius 1 is 1.27 bits per heavy atom. The minimum absolute atomic E-state index is 0.392. The fourth-order valence-corrected chi connectivity index (χ4v) is 1.10. The summed E-state index contributed by atoms with van der Waals surface area (Å²) in [5, 5.41) is 0. The first kappa shape index (κ1) is 8.07. The Balaban J connectivity index is 2.94. The molecule has 0 unspecified atom stereocenters. The van der Waals surface area contributed by atoms with Crippen molar-refractivity contribution in [2.45, 2.75) is 6.92 Å². The molecule has 0 aromatic heterocycles. The molecule has 0 saturated heterocycles. The van der Waals surface area contributed by atoms with E-state index in [0.29, 0.717) is 5.75 Å². The monoisotopic (exact) mass is 172 g/mol. The number of hydrogen-bond donors (Lipinski definition) is 1. The van der Waals surface area contributed by atoms with Gasteiger partial charge in [0.1, 0.15) is 5.75 Å². The number of hydrogen-bond acceptors (Lipinski definition) is 3. The lowest BCUT2D eigenvalue weighted by atomic mass is 10.2. The van der Waals surface area contributed by atoms with Gasteiger partial charge in [0, 0.05) is 0 Å². The van der Waals surface area contributed by atoms with E-state index in [4.69, 9.17) is 0 Å². The number of benzene rings is 1. The molecule has 0 radical (unpaired) electrons. The lowest BCUT2D eigenvalue weighted by Gasteiger charge is -1.99. The SMILES string of the molecule is Cc1ccccc1O[SH](=O)=O. The van der Waals surface area contributed by atoms with Crippen LogP contribution in [0, 0.1) is 6.92 Å². The third-order valence-electron chi connectivity index (χ3n) is 1.27. The van der Waals surface area contributed by atoms with Crippen molar-refractivity contribution in [3.8, 4) is 5.75 Å². The summed E-state index contributed by atoms with van der Waals surface area (Å²) in [7, 11) is -2.79. The Morgan fingerprint density at radius 2 is 1.91 bits per heavy atom. The fraction of sp³-hybridized carbons (Fsp3) is 0.143. The molecule has 0 heterocycles. The molecule has 0 bridgehead atoms. The van der Waals surface area contributed by atoms with Crippen LogP contribution >= 0.6 is 0 Å². The molecule has 1 aromatic rings. The molecule has 11 heavy (non-hydrogen) atoms. The molecule has 1 aromatic carbocycles. The van der Waals surface area contributed by atoms with E-state index in [0.717, 1.165) is 5.56 Å². The highest BCUT2D eigenvalue weighted by Crippen LogP contribution is 2.15. The smallest absolute Gasteiger partial charge is 0.299 e. The van der Waals surface area contributed by atoms with E-state index >= 15 is 0 Å². The molecule has 1 rings (SSSR count). The molecule has 4 heteroatoms. The van der Waals surface area contributed by atoms with Gasteiger partial charge in [0.2, 0.25) is 0 Å². The van der Waals surface area contributed by atoms with E-state index in [1.165, 1.54) is 0 Å². The molecule has 0 fully saturated rings. The Hall–Kier alpha value is -1.03. The molecule has 0 spiro atoms. The Morgan fingerprint density at radius 3 is 2.45 bits per heavy atom. The normalized spacial score (nSPS) is 10.0. The van der Waals surface area contributed by atoms with Gasteiger partial charge in [-0.2, -0.15) is 8.42 Å². The van der Waals surface area contributed by atoms with E-state index in [-0.39, 0.29) is 0 Å². The number of thiol groups is 1. The van der Waals surface area contributed by atoms with Crippen molar-refractivity contribution in [3.05, 3.63) is 29.8 Å². The second-order valence-electron chi connectivity index (χ2n) is 2.08. The average molecular weight is 172 g/mol. The molecule has 0 saturated carbocycles. The first-order chi connectivity index (χ1) is 5.20. The van der Waals surface area contributed by atoms with Gasteiger partial charge in [-0.1, -0.05) is 18.2 Å². The van der Waals surface area contributed by atoms with Crippen molar-refractivity contribution >= 4 is 11.0 Å². The van der Waals surface area contributed by atoms with Crippen LogP contribution in [0.3, 0.4) is 0 Å². The second-order valence-corrected chi connectivity index (χ2v) is 2.71. The minimum atomic E-state index is -2.79. The summed E-state index contributed by atoms with van der Waals surface area (Å²) in [6.45, 7) is 1.79. The van der Waals surface area contributed by atoms with E-state index in [2.05, 4.69) is 4.18 Å². The van der Waals surface area contributed by atoms with E-state index in [9.17, 15) is 8.42 Å². The zero-order valence-electron chi connectivity index (χ0n) is 5.98. The maximum absolute atomic E-state index is 10.1. The minimum Gasteiger partial charge on any atom is -0.384 e. The van der Waals surface area contributed by atoms with Gasteiger partial charge in [-0.25, -0.2) is 0 Å². The molecule has 0 amide bonds. The average Bonchev–Trinajstić information content (AvgIpc) is 1.93. The third kappa shape index (κ3) is 2.23. The molecule has 0 aliphatic heterocycles. The summed E-state index contributed by atoms with van der Waals surface area (Å²) in [5.74, 6) is 0.392. The molecule has 0 aliphatic rings. The van der Waals surface area contributed by atoms with Crippen LogP contribution in [-0.2, 0) is 11.0 Å². The zero-order valence-corrected chi connectivity index (χ0v) is 6.88. The maximum atomic E-state index is 10.1. The number of para-hydroxylation sites is 1. The van der Waals surface area contributed by atoms with Gasteiger partial charge in [0.05, 0.1) is 0 Å². The number of aryl methyl sites for hydroxylation is 1. The quantitative estimate of drug-likeness (QED) is 0.674. The predicted octanol–water partition coefficient (Wildman–Crippen LogP) is 0.900. The topological polar surface area (TPSA) is 43.4 Å². The summed E-state index contributed by atoms with van der Waals surface area (Å²) in [4.78, 5) is 0. The first-order valence-electron chi connectivity index (χ1n) is 3.08. The van der Waals surface area contributed by atoms with Crippen LogP contribution in [0.15, 0.2) is 24.3 Å². The van der Waals surface area contributed by atoms with Gasteiger partial charge in [-0.3, -0.25) is 0 Å². The summed E-state index contributed by atoms with van der Waals surface area (Å²) >= 11 is 0. The van der Waals surface area contributed by atoms with Crippen LogP contribution in [-0.4, -0.2) is 8.42 Å². The van der Waals surface area contributed by atoms with Crippen LogP contribution in [0.2, 0.25) is 0 Å². The summed E-state index contributed by atoms with van der Waals surface area (Å²) in [6.07, 6.45) is 0. The van der Waals surface area contributed by atoms with Crippen molar-refractivity contribution in [3.63, 3.8) is 0 Å². The van der Waals surface area contributed by atoms with Crippen LogP contribution in [0.5, 0.6) is 5.75 Å². The molecule has 3 nitrogen and oxygen atoms in total. The highest BCUT2D eigenvalue weighted by molar-refractivity contribution is 7.67. The largest absolute Gasteiger partial charge is 0.384 e.